The maximum absolute atomic E-state index is 11.7. The molecular weight excluding hydrogens is 274 g/mol. The molecular formula is C15H19NO5. The molecule has 0 spiro atoms. The number of hydrogen-bond acceptors (Lipinski definition) is 3. The summed E-state index contributed by atoms with van der Waals surface area (Å²) in [6, 6.07) is 8.53. The number of benzene rings is 1. The van der Waals surface area contributed by atoms with Crippen molar-refractivity contribution in [3.05, 3.63) is 35.9 Å². The molecule has 0 heterocycles. The Hall–Kier alpha value is -2.37. The zero-order valence-corrected chi connectivity index (χ0v) is 11.6. The Labute approximate surface area is 122 Å². The predicted octanol–water partition coefficient (Wildman–Crippen LogP) is 1.44. The molecule has 114 valence electrons. The van der Waals surface area contributed by atoms with Crippen molar-refractivity contribution in [2.45, 2.75) is 38.1 Å². The lowest BCUT2D eigenvalue weighted by molar-refractivity contribution is -0.143. The van der Waals surface area contributed by atoms with Crippen molar-refractivity contribution in [1.82, 2.24) is 5.32 Å². The lowest BCUT2D eigenvalue weighted by Gasteiger charge is -2.13. The van der Waals surface area contributed by atoms with Crippen LogP contribution in [0.15, 0.2) is 30.3 Å². The summed E-state index contributed by atoms with van der Waals surface area (Å²) in [5, 5.41) is 19.8. The Kier molecular flexibility index (Phi) is 6.94. The van der Waals surface area contributed by atoms with Gasteiger partial charge in [-0.15, -0.1) is 0 Å². The van der Waals surface area contributed by atoms with Crippen LogP contribution in [0.3, 0.4) is 0 Å². The average Bonchev–Trinajstić information content (AvgIpc) is 2.44. The molecule has 0 fully saturated rings. The van der Waals surface area contributed by atoms with Gasteiger partial charge in [-0.25, -0.2) is 4.79 Å². The number of amides is 1. The summed E-state index contributed by atoms with van der Waals surface area (Å²) in [6.45, 7) is 0. The van der Waals surface area contributed by atoms with E-state index in [2.05, 4.69) is 5.32 Å². The second-order valence-corrected chi connectivity index (χ2v) is 4.73. The minimum Gasteiger partial charge on any atom is -0.481 e. The van der Waals surface area contributed by atoms with Crippen LogP contribution in [0.2, 0.25) is 0 Å². The minimum atomic E-state index is -1.22. The third-order valence-electron chi connectivity index (χ3n) is 2.99. The molecule has 1 unspecified atom stereocenters. The van der Waals surface area contributed by atoms with Gasteiger partial charge in [0.2, 0.25) is 5.91 Å². The second-order valence-electron chi connectivity index (χ2n) is 4.73. The topological polar surface area (TPSA) is 104 Å². The molecule has 0 radical (unpaired) electrons. The second kappa shape index (κ2) is 8.73. The van der Waals surface area contributed by atoms with E-state index < -0.39 is 18.0 Å². The number of hydrogen-bond donors (Lipinski definition) is 3. The van der Waals surface area contributed by atoms with Gasteiger partial charge in [-0.1, -0.05) is 30.3 Å². The molecule has 0 saturated carbocycles. The van der Waals surface area contributed by atoms with Gasteiger partial charge in [0.1, 0.15) is 6.04 Å². The minimum absolute atomic E-state index is 0.116. The molecule has 3 N–H and O–H groups in total. The van der Waals surface area contributed by atoms with E-state index in [1.165, 1.54) is 0 Å². The fourth-order valence-electron chi connectivity index (χ4n) is 1.89. The number of rotatable bonds is 9. The van der Waals surface area contributed by atoms with Gasteiger partial charge in [0.25, 0.3) is 0 Å². The zero-order chi connectivity index (χ0) is 15.7. The fourth-order valence-corrected chi connectivity index (χ4v) is 1.89. The Bertz CT molecular complexity index is 486. The summed E-state index contributed by atoms with van der Waals surface area (Å²) in [6.07, 6.45) is 1.16. The Morgan fingerprint density at radius 3 is 2.29 bits per heavy atom. The predicted molar refractivity (Wildman–Crippen MR) is 75.8 cm³/mol. The number of carboxylic acids is 2. The number of carbonyl (C=O) groups is 3. The largest absolute Gasteiger partial charge is 0.481 e. The van der Waals surface area contributed by atoms with Gasteiger partial charge in [-0.2, -0.15) is 0 Å². The molecule has 21 heavy (non-hydrogen) atoms. The van der Waals surface area contributed by atoms with E-state index in [0.717, 1.165) is 12.0 Å². The van der Waals surface area contributed by atoms with Crippen molar-refractivity contribution in [3.63, 3.8) is 0 Å². The summed E-state index contributed by atoms with van der Waals surface area (Å²) >= 11 is 0. The molecule has 1 aromatic carbocycles. The molecule has 0 aromatic heterocycles. The summed E-state index contributed by atoms with van der Waals surface area (Å²) in [4.78, 5) is 33.0. The third-order valence-corrected chi connectivity index (χ3v) is 2.99. The van der Waals surface area contributed by atoms with Crippen LogP contribution < -0.4 is 5.32 Å². The highest BCUT2D eigenvalue weighted by molar-refractivity contribution is 5.83. The van der Waals surface area contributed by atoms with Crippen molar-refractivity contribution in [2.75, 3.05) is 0 Å². The number of aryl methyl sites for hydroxylation is 1. The molecule has 1 rings (SSSR count). The number of carbonyl (C=O) groups excluding carboxylic acids is 1. The van der Waals surface area contributed by atoms with Gasteiger partial charge in [0, 0.05) is 12.8 Å². The van der Waals surface area contributed by atoms with Crippen LogP contribution >= 0.6 is 0 Å². The maximum Gasteiger partial charge on any atom is 0.326 e. The Morgan fingerprint density at radius 1 is 1.05 bits per heavy atom. The van der Waals surface area contributed by atoms with Gasteiger partial charge in [0.15, 0.2) is 0 Å². The number of nitrogens with one attached hydrogen (secondary N) is 1. The summed E-state index contributed by atoms with van der Waals surface area (Å²) in [5.41, 5.74) is 1.12. The Morgan fingerprint density at radius 2 is 1.71 bits per heavy atom. The highest BCUT2D eigenvalue weighted by Crippen LogP contribution is 2.05. The molecule has 6 nitrogen and oxygen atoms in total. The van der Waals surface area contributed by atoms with Crippen LogP contribution in [0.25, 0.3) is 0 Å². The molecule has 0 aliphatic rings. The Balaban J connectivity index is 2.33. The average molecular weight is 293 g/mol. The number of aliphatic carboxylic acids is 2. The number of carboxylic acid groups (broad SMARTS) is 2. The van der Waals surface area contributed by atoms with Crippen molar-refractivity contribution in [3.8, 4) is 0 Å². The van der Waals surface area contributed by atoms with Crippen LogP contribution in [0, 0.1) is 0 Å². The van der Waals surface area contributed by atoms with E-state index >= 15 is 0 Å². The molecule has 1 atom stereocenters. The molecule has 1 amide bonds. The standard InChI is InChI=1S/C15H19NO5/c17-13(8-4-7-11-5-2-1-3-6-11)16-12(15(20)21)9-10-14(18)19/h1-3,5-6,12H,4,7-10H2,(H,16,17)(H,18,19)(H,20,21). The van der Waals surface area contributed by atoms with Gasteiger partial charge < -0.3 is 15.5 Å². The van der Waals surface area contributed by atoms with Gasteiger partial charge in [0.05, 0.1) is 0 Å². The first-order chi connectivity index (χ1) is 9.99. The fraction of sp³-hybridized carbons (Fsp3) is 0.400. The van der Waals surface area contributed by atoms with Crippen LogP contribution in [0.1, 0.15) is 31.2 Å². The monoisotopic (exact) mass is 293 g/mol. The normalized spacial score (nSPS) is 11.6. The smallest absolute Gasteiger partial charge is 0.326 e. The summed E-state index contributed by atoms with van der Waals surface area (Å²) in [5.74, 6) is -2.67. The van der Waals surface area contributed by atoms with E-state index in [1.807, 2.05) is 30.3 Å². The first kappa shape index (κ1) is 16.7. The van der Waals surface area contributed by atoms with Crippen molar-refractivity contribution < 1.29 is 24.6 Å². The van der Waals surface area contributed by atoms with E-state index in [-0.39, 0.29) is 25.2 Å². The highest BCUT2D eigenvalue weighted by Gasteiger charge is 2.20. The van der Waals surface area contributed by atoms with Gasteiger partial charge in [-0.3, -0.25) is 9.59 Å². The summed E-state index contributed by atoms with van der Waals surface area (Å²) < 4.78 is 0. The summed E-state index contributed by atoms with van der Waals surface area (Å²) in [7, 11) is 0. The van der Waals surface area contributed by atoms with Crippen molar-refractivity contribution >= 4 is 17.8 Å². The SMILES string of the molecule is O=C(O)CCC(NC(=O)CCCc1ccccc1)C(=O)O. The first-order valence-electron chi connectivity index (χ1n) is 6.77. The van der Waals surface area contributed by atoms with Crippen LogP contribution in [0.4, 0.5) is 0 Å². The third kappa shape index (κ3) is 7.10. The quantitative estimate of drug-likeness (QED) is 0.639. The molecule has 0 saturated heterocycles. The molecule has 6 heteroatoms. The highest BCUT2D eigenvalue weighted by atomic mass is 16.4. The van der Waals surface area contributed by atoms with Gasteiger partial charge in [-0.05, 0) is 24.8 Å². The van der Waals surface area contributed by atoms with Gasteiger partial charge >= 0.3 is 11.9 Å². The van der Waals surface area contributed by atoms with E-state index in [9.17, 15) is 14.4 Å². The zero-order valence-electron chi connectivity index (χ0n) is 11.6. The molecule has 0 aliphatic heterocycles. The van der Waals surface area contributed by atoms with E-state index in [1.54, 1.807) is 0 Å². The lowest BCUT2D eigenvalue weighted by Crippen LogP contribution is -2.41. The van der Waals surface area contributed by atoms with Crippen LogP contribution in [-0.2, 0) is 20.8 Å². The molecule has 0 aliphatic carbocycles. The lowest BCUT2D eigenvalue weighted by atomic mass is 10.1. The molecule has 1 aromatic rings. The van der Waals surface area contributed by atoms with Crippen molar-refractivity contribution in [1.29, 1.82) is 0 Å². The van der Waals surface area contributed by atoms with Crippen molar-refractivity contribution in [2.24, 2.45) is 0 Å². The maximum atomic E-state index is 11.7. The van der Waals surface area contributed by atoms with Crippen LogP contribution in [0.5, 0.6) is 0 Å². The van der Waals surface area contributed by atoms with Crippen LogP contribution in [-0.4, -0.2) is 34.1 Å². The molecule has 0 bridgehead atoms. The van der Waals surface area contributed by atoms with E-state index in [4.69, 9.17) is 10.2 Å². The first-order valence-corrected chi connectivity index (χ1v) is 6.77. The van der Waals surface area contributed by atoms with E-state index in [0.29, 0.717) is 6.42 Å².